The average Bonchev–Trinajstić information content (AvgIpc) is 3.38. The normalized spacial score (nSPS) is 14.7. The number of pyridine rings is 1. The molecule has 0 atom stereocenters. The van der Waals surface area contributed by atoms with Crippen LogP contribution >= 0.6 is 0 Å². The van der Waals surface area contributed by atoms with Crippen LogP contribution in [-0.2, 0) is 13.0 Å². The van der Waals surface area contributed by atoms with Gasteiger partial charge in [-0.3, -0.25) is 9.78 Å². The van der Waals surface area contributed by atoms with E-state index in [9.17, 15) is 4.79 Å². The lowest BCUT2D eigenvalue weighted by Gasteiger charge is -2.37. The van der Waals surface area contributed by atoms with Crippen molar-refractivity contribution >= 4 is 16.9 Å². The molecular formula is C22H22N6O2. The van der Waals surface area contributed by atoms with E-state index in [1.165, 1.54) is 6.26 Å². The zero-order valence-corrected chi connectivity index (χ0v) is 16.4. The first-order valence-corrected chi connectivity index (χ1v) is 10.0. The van der Waals surface area contributed by atoms with Gasteiger partial charge in [-0.25, -0.2) is 9.97 Å². The molecule has 0 radical (unpaired) electrons. The highest BCUT2D eigenvalue weighted by atomic mass is 16.3. The zero-order chi connectivity index (χ0) is 20.3. The number of fused-ring (bicyclic) bond motifs is 1. The zero-order valence-electron chi connectivity index (χ0n) is 16.4. The van der Waals surface area contributed by atoms with Gasteiger partial charge in [0, 0.05) is 32.3 Å². The Balaban J connectivity index is 1.09. The van der Waals surface area contributed by atoms with Gasteiger partial charge in [0.15, 0.2) is 11.6 Å². The van der Waals surface area contributed by atoms with Crippen LogP contribution in [0.3, 0.4) is 0 Å². The van der Waals surface area contributed by atoms with Crippen molar-refractivity contribution in [3.05, 3.63) is 78.0 Å². The molecule has 0 aliphatic carbocycles. The SMILES string of the molecule is O=C(NCc1ccccn1)c1coc(C2CN(CCc3nc4ccccc4[nH]3)C2)n1. The Morgan fingerprint density at radius 3 is 2.87 bits per heavy atom. The molecule has 1 saturated heterocycles. The van der Waals surface area contributed by atoms with E-state index in [1.807, 2.05) is 42.5 Å². The number of H-pyrrole nitrogens is 1. The fourth-order valence-corrected chi connectivity index (χ4v) is 3.64. The number of carbonyl (C=O) groups is 1. The summed E-state index contributed by atoms with van der Waals surface area (Å²) in [5.41, 5.74) is 3.18. The molecule has 1 amide bonds. The van der Waals surface area contributed by atoms with Crippen molar-refractivity contribution in [1.29, 1.82) is 0 Å². The first-order valence-electron chi connectivity index (χ1n) is 10.0. The maximum Gasteiger partial charge on any atom is 0.273 e. The molecule has 1 fully saturated rings. The second-order valence-electron chi connectivity index (χ2n) is 7.48. The highest BCUT2D eigenvalue weighted by Crippen LogP contribution is 2.26. The molecule has 1 aliphatic rings. The Labute approximate surface area is 173 Å². The highest BCUT2D eigenvalue weighted by Gasteiger charge is 2.32. The predicted octanol–water partition coefficient (Wildman–Crippen LogP) is 2.52. The van der Waals surface area contributed by atoms with Gasteiger partial charge in [0.1, 0.15) is 12.1 Å². The standard InChI is InChI=1S/C22H22N6O2/c29-21(24-11-16-5-3-4-9-23-16)19-14-30-22(27-19)15-12-28(13-15)10-8-20-25-17-6-1-2-7-18(17)26-20/h1-7,9,14-15H,8,10-13H2,(H,24,29)(H,25,26). The summed E-state index contributed by atoms with van der Waals surface area (Å²) in [6.07, 6.45) is 4.00. The molecule has 3 aromatic heterocycles. The predicted molar refractivity (Wildman–Crippen MR) is 111 cm³/mol. The van der Waals surface area contributed by atoms with Crippen molar-refractivity contribution in [2.75, 3.05) is 19.6 Å². The van der Waals surface area contributed by atoms with Gasteiger partial charge in [-0.15, -0.1) is 0 Å². The molecule has 0 bridgehead atoms. The number of aromatic amines is 1. The van der Waals surface area contributed by atoms with E-state index in [-0.39, 0.29) is 11.8 Å². The van der Waals surface area contributed by atoms with Crippen molar-refractivity contribution in [1.82, 2.24) is 30.2 Å². The summed E-state index contributed by atoms with van der Waals surface area (Å²) < 4.78 is 5.56. The van der Waals surface area contributed by atoms with Gasteiger partial charge >= 0.3 is 0 Å². The molecule has 2 N–H and O–H groups in total. The van der Waals surface area contributed by atoms with Gasteiger partial charge in [0.25, 0.3) is 5.91 Å². The summed E-state index contributed by atoms with van der Waals surface area (Å²) >= 11 is 0. The van der Waals surface area contributed by atoms with Gasteiger partial charge in [-0.05, 0) is 24.3 Å². The van der Waals surface area contributed by atoms with Crippen LogP contribution in [0.2, 0.25) is 0 Å². The number of para-hydroxylation sites is 2. The number of oxazole rings is 1. The number of benzene rings is 1. The molecule has 152 valence electrons. The van der Waals surface area contributed by atoms with E-state index in [4.69, 9.17) is 4.42 Å². The molecule has 1 aromatic carbocycles. The van der Waals surface area contributed by atoms with Gasteiger partial charge < -0.3 is 19.6 Å². The summed E-state index contributed by atoms with van der Waals surface area (Å²) in [6.45, 7) is 3.03. The molecule has 30 heavy (non-hydrogen) atoms. The lowest BCUT2D eigenvalue weighted by atomic mass is 10.00. The fourth-order valence-electron chi connectivity index (χ4n) is 3.64. The molecule has 4 aromatic rings. The molecule has 0 saturated carbocycles. The molecule has 0 spiro atoms. The number of aromatic nitrogens is 4. The van der Waals surface area contributed by atoms with Crippen LogP contribution in [-0.4, -0.2) is 50.4 Å². The summed E-state index contributed by atoms with van der Waals surface area (Å²) in [7, 11) is 0. The maximum atomic E-state index is 12.3. The molecule has 8 heteroatoms. The third-order valence-electron chi connectivity index (χ3n) is 5.32. The molecule has 8 nitrogen and oxygen atoms in total. The molecule has 5 rings (SSSR count). The van der Waals surface area contributed by atoms with Crippen molar-refractivity contribution in [3.63, 3.8) is 0 Å². The second-order valence-corrected chi connectivity index (χ2v) is 7.48. The summed E-state index contributed by atoms with van der Waals surface area (Å²) in [5.74, 6) is 1.59. The molecular weight excluding hydrogens is 380 g/mol. The summed E-state index contributed by atoms with van der Waals surface area (Å²) in [6, 6.07) is 13.7. The summed E-state index contributed by atoms with van der Waals surface area (Å²) in [5, 5.41) is 2.82. The van der Waals surface area contributed by atoms with Crippen LogP contribution in [0, 0.1) is 0 Å². The number of imidazole rings is 1. The van der Waals surface area contributed by atoms with Crippen LogP contribution in [0.5, 0.6) is 0 Å². The van der Waals surface area contributed by atoms with E-state index in [1.54, 1.807) is 6.20 Å². The Hall–Kier alpha value is -3.52. The molecule has 1 aliphatic heterocycles. The third-order valence-corrected chi connectivity index (χ3v) is 5.32. The Morgan fingerprint density at radius 2 is 2.03 bits per heavy atom. The van der Waals surface area contributed by atoms with Crippen LogP contribution in [0.25, 0.3) is 11.0 Å². The maximum absolute atomic E-state index is 12.3. The number of hydrogen-bond donors (Lipinski definition) is 2. The van der Waals surface area contributed by atoms with E-state index >= 15 is 0 Å². The third kappa shape index (κ3) is 3.95. The lowest BCUT2D eigenvalue weighted by molar-refractivity contribution is 0.0945. The van der Waals surface area contributed by atoms with Crippen LogP contribution in [0.15, 0.2) is 59.3 Å². The average molecular weight is 402 g/mol. The van der Waals surface area contributed by atoms with Gasteiger partial charge in [-0.2, -0.15) is 0 Å². The number of nitrogens with zero attached hydrogens (tertiary/aromatic N) is 4. The highest BCUT2D eigenvalue weighted by molar-refractivity contribution is 5.91. The first-order chi connectivity index (χ1) is 14.7. The monoisotopic (exact) mass is 402 g/mol. The topological polar surface area (TPSA) is 99.9 Å². The van der Waals surface area contributed by atoms with Gasteiger partial charge in [-0.1, -0.05) is 18.2 Å². The van der Waals surface area contributed by atoms with Crippen LogP contribution in [0.4, 0.5) is 0 Å². The molecule has 0 unspecified atom stereocenters. The smallest absolute Gasteiger partial charge is 0.273 e. The van der Waals surface area contributed by atoms with Crippen molar-refractivity contribution in [2.45, 2.75) is 18.9 Å². The number of hydrogen-bond acceptors (Lipinski definition) is 6. The lowest BCUT2D eigenvalue weighted by Crippen LogP contribution is -2.46. The molecule has 4 heterocycles. The number of likely N-dealkylation sites (tertiary alicyclic amines) is 1. The first kappa shape index (κ1) is 18.5. The van der Waals surface area contributed by atoms with Gasteiger partial charge in [0.05, 0.1) is 29.2 Å². The van der Waals surface area contributed by atoms with E-state index in [0.29, 0.717) is 18.1 Å². The number of nitrogens with one attached hydrogen (secondary N) is 2. The second kappa shape index (κ2) is 8.08. The van der Waals surface area contributed by atoms with E-state index in [2.05, 4.69) is 30.2 Å². The fraction of sp³-hybridized carbons (Fsp3) is 0.273. The minimum atomic E-state index is -0.253. The number of rotatable bonds is 7. The van der Waals surface area contributed by atoms with Crippen LogP contribution in [0.1, 0.15) is 33.8 Å². The van der Waals surface area contributed by atoms with E-state index < -0.39 is 0 Å². The van der Waals surface area contributed by atoms with E-state index in [0.717, 1.165) is 48.6 Å². The van der Waals surface area contributed by atoms with Crippen molar-refractivity contribution in [2.24, 2.45) is 0 Å². The van der Waals surface area contributed by atoms with Crippen molar-refractivity contribution < 1.29 is 9.21 Å². The number of carbonyl (C=O) groups excluding carboxylic acids is 1. The minimum absolute atomic E-state index is 0.220. The minimum Gasteiger partial charge on any atom is -0.448 e. The number of amides is 1. The Bertz CT molecular complexity index is 1110. The van der Waals surface area contributed by atoms with Crippen LogP contribution < -0.4 is 5.32 Å². The Kier molecular flexibility index (Phi) is 4.98. The van der Waals surface area contributed by atoms with Gasteiger partial charge in [0.2, 0.25) is 0 Å². The quantitative estimate of drug-likeness (QED) is 0.493. The summed E-state index contributed by atoms with van der Waals surface area (Å²) in [4.78, 5) is 31.2. The largest absolute Gasteiger partial charge is 0.448 e. The van der Waals surface area contributed by atoms with Crippen molar-refractivity contribution in [3.8, 4) is 0 Å². The Morgan fingerprint density at radius 1 is 1.17 bits per heavy atom.